The summed E-state index contributed by atoms with van der Waals surface area (Å²) in [5.74, 6) is 1.46. The first-order chi connectivity index (χ1) is 11.6. The number of benzene rings is 2. The molecule has 0 saturated carbocycles. The van der Waals surface area contributed by atoms with Crippen molar-refractivity contribution in [3.63, 3.8) is 0 Å². The number of carbonyl (C=O) groups is 1. The zero-order chi connectivity index (χ0) is 16.9. The van der Waals surface area contributed by atoms with Crippen molar-refractivity contribution in [2.75, 3.05) is 13.3 Å². The summed E-state index contributed by atoms with van der Waals surface area (Å²) in [6.07, 6.45) is 4.18. The topological polar surface area (TPSA) is 47.6 Å². The van der Waals surface area contributed by atoms with Crippen molar-refractivity contribution in [3.05, 3.63) is 64.7 Å². The molecule has 0 aromatic heterocycles. The minimum absolute atomic E-state index is 0.0873. The average molecular weight is 323 g/mol. The maximum atomic E-state index is 11.9. The SMILES string of the molecule is Cc1ccc(/C=C/C(=O)NCCc2ccc3c(c2)OCO3)c(C)c1. The van der Waals surface area contributed by atoms with E-state index in [1.807, 2.05) is 43.3 Å². The zero-order valence-corrected chi connectivity index (χ0v) is 14.0. The van der Waals surface area contributed by atoms with Gasteiger partial charge >= 0.3 is 0 Å². The quantitative estimate of drug-likeness (QED) is 0.858. The molecule has 0 bridgehead atoms. The van der Waals surface area contributed by atoms with E-state index in [0.29, 0.717) is 6.54 Å². The molecule has 0 saturated heterocycles. The van der Waals surface area contributed by atoms with Crippen LogP contribution in [0.2, 0.25) is 0 Å². The van der Waals surface area contributed by atoms with Gasteiger partial charge in [-0.05, 0) is 55.2 Å². The van der Waals surface area contributed by atoms with Gasteiger partial charge in [-0.1, -0.05) is 29.8 Å². The summed E-state index contributed by atoms with van der Waals surface area (Å²) in [5.41, 5.74) is 4.56. The third-order valence-corrected chi connectivity index (χ3v) is 3.99. The number of carbonyl (C=O) groups excluding carboxylic acids is 1. The highest BCUT2D eigenvalue weighted by Crippen LogP contribution is 2.32. The van der Waals surface area contributed by atoms with Crippen LogP contribution >= 0.6 is 0 Å². The van der Waals surface area contributed by atoms with Crippen molar-refractivity contribution in [2.45, 2.75) is 20.3 Å². The van der Waals surface area contributed by atoms with Crippen LogP contribution in [0.1, 0.15) is 22.3 Å². The van der Waals surface area contributed by atoms with Crippen LogP contribution in [0.15, 0.2) is 42.5 Å². The minimum atomic E-state index is -0.0873. The second kappa shape index (κ2) is 7.21. The van der Waals surface area contributed by atoms with Gasteiger partial charge in [-0.3, -0.25) is 4.79 Å². The molecule has 0 fully saturated rings. The predicted octanol–water partition coefficient (Wildman–Crippen LogP) is 3.40. The van der Waals surface area contributed by atoms with Gasteiger partial charge < -0.3 is 14.8 Å². The molecular weight excluding hydrogens is 302 g/mol. The number of aryl methyl sites for hydroxylation is 2. The molecule has 3 rings (SSSR count). The van der Waals surface area contributed by atoms with Gasteiger partial charge in [0.25, 0.3) is 0 Å². The normalized spacial score (nSPS) is 12.6. The first-order valence-electron chi connectivity index (χ1n) is 8.03. The van der Waals surface area contributed by atoms with Crippen LogP contribution in [0.3, 0.4) is 0 Å². The van der Waals surface area contributed by atoms with Gasteiger partial charge in [0.05, 0.1) is 0 Å². The van der Waals surface area contributed by atoms with Crippen LogP contribution in [0.4, 0.5) is 0 Å². The lowest BCUT2D eigenvalue weighted by atomic mass is 10.1. The van der Waals surface area contributed by atoms with E-state index < -0.39 is 0 Å². The third-order valence-electron chi connectivity index (χ3n) is 3.99. The summed E-state index contributed by atoms with van der Waals surface area (Å²) in [5, 5.41) is 2.90. The second-order valence-electron chi connectivity index (χ2n) is 5.92. The molecule has 2 aromatic rings. The Bertz CT molecular complexity index is 780. The fourth-order valence-corrected chi connectivity index (χ4v) is 2.66. The lowest BCUT2D eigenvalue weighted by Crippen LogP contribution is -2.23. The number of amides is 1. The summed E-state index contributed by atoms with van der Waals surface area (Å²) < 4.78 is 10.6. The second-order valence-corrected chi connectivity index (χ2v) is 5.92. The van der Waals surface area contributed by atoms with Crippen molar-refractivity contribution < 1.29 is 14.3 Å². The Morgan fingerprint density at radius 1 is 1.12 bits per heavy atom. The van der Waals surface area contributed by atoms with Crippen molar-refractivity contribution in [1.29, 1.82) is 0 Å². The summed E-state index contributed by atoms with van der Waals surface area (Å²) in [6.45, 7) is 4.96. The van der Waals surface area contributed by atoms with Crippen LogP contribution in [0.5, 0.6) is 11.5 Å². The zero-order valence-electron chi connectivity index (χ0n) is 14.0. The monoisotopic (exact) mass is 323 g/mol. The lowest BCUT2D eigenvalue weighted by Gasteiger charge is -2.05. The molecule has 0 atom stereocenters. The molecule has 24 heavy (non-hydrogen) atoms. The predicted molar refractivity (Wildman–Crippen MR) is 94.2 cm³/mol. The molecular formula is C20H21NO3. The molecule has 1 heterocycles. The number of hydrogen-bond donors (Lipinski definition) is 1. The Morgan fingerprint density at radius 2 is 1.96 bits per heavy atom. The average Bonchev–Trinajstić information content (AvgIpc) is 3.02. The Balaban J connectivity index is 1.49. The van der Waals surface area contributed by atoms with E-state index >= 15 is 0 Å². The molecule has 4 heteroatoms. The van der Waals surface area contributed by atoms with Gasteiger partial charge in [0.2, 0.25) is 12.7 Å². The molecule has 124 valence electrons. The first-order valence-corrected chi connectivity index (χ1v) is 8.03. The van der Waals surface area contributed by atoms with Gasteiger partial charge in [0, 0.05) is 12.6 Å². The summed E-state index contributed by atoms with van der Waals surface area (Å²) in [7, 11) is 0. The molecule has 0 radical (unpaired) electrons. The standard InChI is InChI=1S/C20H21NO3/c1-14-3-5-17(15(2)11-14)6-8-20(22)21-10-9-16-4-7-18-19(12-16)24-13-23-18/h3-8,11-12H,9-10,13H2,1-2H3,(H,21,22)/b8-6+. The molecule has 1 amide bonds. The van der Waals surface area contributed by atoms with Crippen LogP contribution in [-0.2, 0) is 11.2 Å². The number of rotatable bonds is 5. The highest BCUT2D eigenvalue weighted by molar-refractivity contribution is 5.91. The maximum absolute atomic E-state index is 11.9. The van der Waals surface area contributed by atoms with Crippen molar-refractivity contribution in [3.8, 4) is 11.5 Å². The van der Waals surface area contributed by atoms with E-state index in [0.717, 1.165) is 29.0 Å². The molecule has 1 aliphatic rings. The van der Waals surface area contributed by atoms with Gasteiger partial charge in [-0.15, -0.1) is 0 Å². The fourth-order valence-electron chi connectivity index (χ4n) is 2.66. The summed E-state index contributed by atoms with van der Waals surface area (Å²) in [4.78, 5) is 11.9. The fraction of sp³-hybridized carbons (Fsp3) is 0.250. The summed E-state index contributed by atoms with van der Waals surface area (Å²) >= 11 is 0. The van der Waals surface area contributed by atoms with Crippen LogP contribution in [0.25, 0.3) is 6.08 Å². The van der Waals surface area contributed by atoms with E-state index in [1.54, 1.807) is 6.08 Å². The molecule has 0 aliphatic carbocycles. The Kier molecular flexibility index (Phi) is 4.85. The first kappa shape index (κ1) is 16.1. The number of ether oxygens (including phenoxy) is 2. The highest BCUT2D eigenvalue weighted by Gasteiger charge is 2.12. The van der Waals surface area contributed by atoms with E-state index in [1.165, 1.54) is 11.1 Å². The number of nitrogens with one attached hydrogen (secondary N) is 1. The molecule has 0 unspecified atom stereocenters. The maximum Gasteiger partial charge on any atom is 0.244 e. The van der Waals surface area contributed by atoms with Crippen molar-refractivity contribution in [1.82, 2.24) is 5.32 Å². The molecule has 2 aromatic carbocycles. The van der Waals surface area contributed by atoms with Gasteiger partial charge in [0.1, 0.15) is 0 Å². The smallest absolute Gasteiger partial charge is 0.244 e. The van der Waals surface area contributed by atoms with Crippen LogP contribution in [-0.4, -0.2) is 19.2 Å². The molecule has 1 N–H and O–H groups in total. The lowest BCUT2D eigenvalue weighted by molar-refractivity contribution is -0.116. The van der Waals surface area contributed by atoms with Gasteiger partial charge in [-0.2, -0.15) is 0 Å². The molecule has 0 spiro atoms. The largest absolute Gasteiger partial charge is 0.454 e. The Labute approximate surface area is 142 Å². The van der Waals surface area contributed by atoms with E-state index in [4.69, 9.17) is 9.47 Å². The van der Waals surface area contributed by atoms with Crippen molar-refractivity contribution >= 4 is 12.0 Å². The highest BCUT2D eigenvalue weighted by atomic mass is 16.7. The van der Waals surface area contributed by atoms with Crippen LogP contribution in [0, 0.1) is 13.8 Å². The van der Waals surface area contributed by atoms with Gasteiger partial charge in [0.15, 0.2) is 11.5 Å². The van der Waals surface area contributed by atoms with E-state index in [-0.39, 0.29) is 12.7 Å². The van der Waals surface area contributed by atoms with Crippen molar-refractivity contribution in [2.24, 2.45) is 0 Å². The van der Waals surface area contributed by atoms with E-state index in [2.05, 4.69) is 18.3 Å². The minimum Gasteiger partial charge on any atom is -0.454 e. The summed E-state index contributed by atoms with van der Waals surface area (Å²) in [6, 6.07) is 12.0. The Morgan fingerprint density at radius 3 is 2.79 bits per heavy atom. The van der Waals surface area contributed by atoms with Gasteiger partial charge in [-0.25, -0.2) is 0 Å². The number of hydrogen-bond acceptors (Lipinski definition) is 3. The number of fused-ring (bicyclic) bond motifs is 1. The molecule has 1 aliphatic heterocycles. The van der Waals surface area contributed by atoms with E-state index in [9.17, 15) is 4.79 Å². The van der Waals surface area contributed by atoms with Crippen LogP contribution < -0.4 is 14.8 Å². The third kappa shape index (κ3) is 3.96. The molecule has 4 nitrogen and oxygen atoms in total. The Hall–Kier alpha value is -2.75.